The lowest BCUT2D eigenvalue weighted by molar-refractivity contribution is 0.239. The zero-order valence-electron chi connectivity index (χ0n) is 9.16. The highest BCUT2D eigenvalue weighted by molar-refractivity contribution is 9.10. The van der Waals surface area contributed by atoms with E-state index in [1.54, 1.807) is 6.08 Å². The van der Waals surface area contributed by atoms with E-state index in [0.29, 0.717) is 6.54 Å². The van der Waals surface area contributed by atoms with Gasteiger partial charge in [0.25, 0.3) is 0 Å². The van der Waals surface area contributed by atoms with E-state index in [-0.39, 0.29) is 12.1 Å². The minimum absolute atomic E-state index is 0.0413. The molecule has 2 N–H and O–H groups in total. The van der Waals surface area contributed by atoms with Gasteiger partial charge in [0.15, 0.2) is 0 Å². The van der Waals surface area contributed by atoms with Crippen LogP contribution in [0.15, 0.2) is 41.4 Å². The van der Waals surface area contributed by atoms with Crippen LogP contribution < -0.4 is 10.6 Å². The lowest BCUT2D eigenvalue weighted by Crippen LogP contribution is -2.37. The first-order chi connectivity index (χ1) is 7.65. The van der Waals surface area contributed by atoms with Crippen molar-refractivity contribution in [3.05, 3.63) is 47.0 Å². The summed E-state index contributed by atoms with van der Waals surface area (Å²) in [6.07, 6.45) is 1.64. The van der Waals surface area contributed by atoms with Crippen LogP contribution in [0.1, 0.15) is 18.5 Å². The molecule has 0 fully saturated rings. The standard InChI is InChI=1S/C12H15BrN2O/c1-3-8-14-12(16)15-9(2)10-6-4-5-7-11(10)13/h3-7,9H,1,8H2,2H3,(H2,14,15,16). The second-order valence-corrected chi connectivity index (χ2v) is 4.24. The first-order valence-corrected chi connectivity index (χ1v) is 5.84. The molecule has 3 nitrogen and oxygen atoms in total. The number of hydrogen-bond acceptors (Lipinski definition) is 1. The van der Waals surface area contributed by atoms with E-state index in [1.165, 1.54) is 0 Å². The Kier molecular flexibility index (Phi) is 5.05. The SMILES string of the molecule is C=CCNC(=O)NC(C)c1ccccc1Br. The van der Waals surface area contributed by atoms with Crippen molar-refractivity contribution in [2.75, 3.05) is 6.54 Å². The quantitative estimate of drug-likeness (QED) is 0.819. The fourth-order valence-electron chi connectivity index (χ4n) is 1.32. The normalized spacial score (nSPS) is 11.6. The molecule has 0 aliphatic rings. The molecule has 0 heterocycles. The molecule has 4 heteroatoms. The Labute approximate surface area is 104 Å². The maximum absolute atomic E-state index is 11.4. The number of nitrogens with one attached hydrogen (secondary N) is 2. The second kappa shape index (κ2) is 6.33. The minimum Gasteiger partial charge on any atom is -0.335 e. The highest BCUT2D eigenvalue weighted by atomic mass is 79.9. The predicted octanol–water partition coefficient (Wildman–Crippen LogP) is 3.00. The van der Waals surface area contributed by atoms with Crippen molar-refractivity contribution < 1.29 is 4.79 Å². The van der Waals surface area contributed by atoms with Crippen LogP contribution in [0.5, 0.6) is 0 Å². The first-order valence-electron chi connectivity index (χ1n) is 5.05. The van der Waals surface area contributed by atoms with Crippen molar-refractivity contribution in [1.29, 1.82) is 0 Å². The molecular formula is C12H15BrN2O. The van der Waals surface area contributed by atoms with Crippen LogP contribution in [0.2, 0.25) is 0 Å². The third kappa shape index (κ3) is 3.70. The van der Waals surface area contributed by atoms with Crippen molar-refractivity contribution in [1.82, 2.24) is 10.6 Å². The lowest BCUT2D eigenvalue weighted by atomic mass is 10.1. The van der Waals surface area contributed by atoms with Gasteiger partial charge in [-0.1, -0.05) is 40.2 Å². The zero-order valence-corrected chi connectivity index (χ0v) is 10.8. The Morgan fingerprint density at radius 1 is 1.56 bits per heavy atom. The van der Waals surface area contributed by atoms with Gasteiger partial charge in [-0.2, -0.15) is 0 Å². The monoisotopic (exact) mass is 282 g/mol. The number of urea groups is 1. The van der Waals surface area contributed by atoms with Crippen molar-refractivity contribution in [2.45, 2.75) is 13.0 Å². The fourth-order valence-corrected chi connectivity index (χ4v) is 1.94. The number of hydrogen-bond donors (Lipinski definition) is 2. The Bertz CT molecular complexity index is 379. The molecule has 0 aromatic heterocycles. The van der Waals surface area contributed by atoms with Gasteiger partial charge in [0.05, 0.1) is 6.04 Å². The van der Waals surface area contributed by atoms with Crippen LogP contribution in [-0.4, -0.2) is 12.6 Å². The molecule has 0 spiro atoms. The van der Waals surface area contributed by atoms with E-state index in [2.05, 4.69) is 33.1 Å². The fraction of sp³-hybridized carbons (Fsp3) is 0.250. The summed E-state index contributed by atoms with van der Waals surface area (Å²) in [4.78, 5) is 11.4. The van der Waals surface area contributed by atoms with Crippen molar-refractivity contribution in [3.8, 4) is 0 Å². The summed E-state index contributed by atoms with van der Waals surface area (Å²) in [5, 5.41) is 5.51. The third-order valence-corrected chi connectivity index (χ3v) is 2.85. The topological polar surface area (TPSA) is 41.1 Å². The van der Waals surface area contributed by atoms with E-state index in [1.807, 2.05) is 31.2 Å². The summed E-state index contributed by atoms with van der Waals surface area (Å²) in [7, 11) is 0. The van der Waals surface area contributed by atoms with Crippen molar-refractivity contribution in [3.63, 3.8) is 0 Å². The Hall–Kier alpha value is -1.29. The van der Waals surface area contributed by atoms with E-state index < -0.39 is 0 Å². The molecule has 16 heavy (non-hydrogen) atoms. The summed E-state index contributed by atoms with van der Waals surface area (Å²) < 4.78 is 0.992. The van der Waals surface area contributed by atoms with Gasteiger partial charge in [0.1, 0.15) is 0 Å². The number of amides is 2. The van der Waals surface area contributed by atoms with E-state index in [4.69, 9.17) is 0 Å². The van der Waals surface area contributed by atoms with Crippen LogP contribution in [0.4, 0.5) is 4.79 Å². The van der Waals surface area contributed by atoms with Gasteiger partial charge in [-0.3, -0.25) is 0 Å². The first kappa shape index (κ1) is 12.8. The Morgan fingerprint density at radius 3 is 2.88 bits per heavy atom. The predicted molar refractivity (Wildman–Crippen MR) is 69.3 cm³/mol. The van der Waals surface area contributed by atoms with Crippen LogP contribution >= 0.6 is 15.9 Å². The number of benzene rings is 1. The number of halogens is 1. The average molecular weight is 283 g/mol. The summed E-state index contributed by atoms with van der Waals surface area (Å²) >= 11 is 3.45. The maximum atomic E-state index is 11.4. The Morgan fingerprint density at radius 2 is 2.25 bits per heavy atom. The van der Waals surface area contributed by atoms with Crippen LogP contribution in [0.25, 0.3) is 0 Å². The minimum atomic E-state index is -0.192. The maximum Gasteiger partial charge on any atom is 0.315 e. The van der Waals surface area contributed by atoms with Gasteiger partial charge >= 0.3 is 6.03 Å². The van der Waals surface area contributed by atoms with Crippen LogP contribution in [0, 0.1) is 0 Å². The molecule has 0 saturated heterocycles. The lowest BCUT2D eigenvalue weighted by Gasteiger charge is -2.15. The summed E-state index contributed by atoms with van der Waals surface area (Å²) in [6, 6.07) is 7.58. The van der Waals surface area contributed by atoms with Crippen molar-refractivity contribution in [2.24, 2.45) is 0 Å². The van der Waals surface area contributed by atoms with Gasteiger partial charge < -0.3 is 10.6 Å². The molecule has 1 rings (SSSR count). The van der Waals surface area contributed by atoms with E-state index in [9.17, 15) is 4.79 Å². The van der Waals surface area contributed by atoms with Crippen LogP contribution in [0.3, 0.4) is 0 Å². The molecule has 0 aliphatic heterocycles. The van der Waals surface area contributed by atoms with Gasteiger partial charge in [0.2, 0.25) is 0 Å². The molecular weight excluding hydrogens is 268 g/mol. The number of carbonyl (C=O) groups excluding carboxylic acids is 1. The van der Waals surface area contributed by atoms with Gasteiger partial charge in [-0.05, 0) is 18.6 Å². The highest BCUT2D eigenvalue weighted by Crippen LogP contribution is 2.22. The summed E-state index contributed by atoms with van der Waals surface area (Å²) in [5.41, 5.74) is 1.05. The molecule has 0 saturated carbocycles. The Balaban J connectivity index is 2.58. The van der Waals surface area contributed by atoms with E-state index in [0.717, 1.165) is 10.0 Å². The molecule has 0 bridgehead atoms. The molecule has 1 atom stereocenters. The molecule has 0 aliphatic carbocycles. The largest absolute Gasteiger partial charge is 0.335 e. The van der Waals surface area contributed by atoms with Gasteiger partial charge in [0, 0.05) is 11.0 Å². The van der Waals surface area contributed by atoms with Crippen LogP contribution in [-0.2, 0) is 0 Å². The van der Waals surface area contributed by atoms with Crippen molar-refractivity contribution >= 4 is 22.0 Å². The molecule has 0 radical (unpaired) electrons. The molecule has 1 aromatic rings. The molecule has 2 amide bonds. The zero-order chi connectivity index (χ0) is 12.0. The average Bonchev–Trinajstić information content (AvgIpc) is 2.26. The smallest absolute Gasteiger partial charge is 0.315 e. The van der Waals surface area contributed by atoms with E-state index >= 15 is 0 Å². The summed E-state index contributed by atoms with van der Waals surface area (Å²) in [6.45, 7) is 5.94. The molecule has 1 unspecified atom stereocenters. The van der Waals surface area contributed by atoms with Gasteiger partial charge in [-0.15, -0.1) is 6.58 Å². The highest BCUT2D eigenvalue weighted by Gasteiger charge is 2.10. The molecule has 86 valence electrons. The number of rotatable bonds is 4. The third-order valence-electron chi connectivity index (χ3n) is 2.13. The second-order valence-electron chi connectivity index (χ2n) is 3.39. The molecule has 1 aromatic carbocycles. The summed E-state index contributed by atoms with van der Waals surface area (Å²) in [5.74, 6) is 0. The number of carbonyl (C=O) groups is 1. The van der Waals surface area contributed by atoms with Gasteiger partial charge in [-0.25, -0.2) is 4.79 Å².